The molecule has 3 aromatic rings. The first-order chi connectivity index (χ1) is 7.74. The smallest absolute Gasteiger partial charge is 0.0728 e. The molecule has 2 nitrogen and oxygen atoms in total. The lowest BCUT2D eigenvalue weighted by atomic mass is 10.0. The first-order valence-corrected chi connectivity index (χ1v) is 5.29. The molecule has 0 saturated heterocycles. The number of anilines is 1. The van der Waals surface area contributed by atoms with E-state index in [1.54, 1.807) is 0 Å². The van der Waals surface area contributed by atoms with E-state index in [-0.39, 0.29) is 0 Å². The summed E-state index contributed by atoms with van der Waals surface area (Å²) in [7, 11) is 0. The van der Waals surface area contributed by atoms with Crippen molar-refractivity contribution in [3.8, 4) is 0 Å². The van der Waals surface area contributed by atoms with E-state index in [0.29, 0.717) is 0 Å². The summed E-state index contributed by atoms with van der Waals surface area (Å²) in [6.07, 6.45) is 1.90. The number of aromatic nitrogens is 1. The molecule has 2 aromatic carbocycles. The second-order valence-corrected chi connectivity index (χ2v) is 4.13. The van der Waals surface area contributed by atoms with Gasteiger partial charge in [0.15, 0.2) is 0 Å². The van der Waals surface area contributed by atoms with E-state index in [9.17, 15) is 0 Å². The maximum absolute atomic E-state index is 5.76. The first kappa shape index (κ1) is 9.16. The second kappa shape index (κ2) is 3.20. The summed E-state index contributed by atoms with van der Waals surface area (Å²) in [5.74, 6) is 0. The van der Waals surface area contributed by atoms with Crippen LogP contribution < -0.4 is 5.73 Å². The molecule has 0 aliphatic carbocycles. The summed E-state index contributed by atoms with van der Waals surface area (Å²) in [6, 6.07) is 12.3. The van der Waals surface area contributed by atoms with Crippen molar-refractivity contribution in [2.75, 3.05) is 5.73 Å². The van der Waals surface area contributed by atoms with Crippen molar-refractivity contribution >= 4 is 27.4 Å². The lowest BCUT2D eigenvalue weighted by Crippen LogP contribution is -1.87. The van der Waals surface area contributed by atoms with Crippen molar-refractivity contribution in [2.24, 2.45) is 0 Å². The van der Waals surface area contributed by atoms with Gasteiger partial charge in [0.25, 0.3) is 0 Å². The van der Waals surface area contributed by atoms with E-state index in [4.69, 9.17) is 5.73 Å². The lowest BCUT2D eigenvalue weighted by Gasteiger charge is -2.04. The van der Waals surface area contributed by atoms with Crippen LogP contribution in [0.2, 0.25) is 0 Å². The van der Waals surface area contributed by atoms with Crippen LogP contribution in [0.15, 0.2) is 42.6 Å². The molecule has 1 aromatic heterocycles. The van der Waals surface area contributed by atoms with Crippen molar-refractivity contribution in [3.05, 3.63) is 48.2 Å². The summed E-state index contributed by atoms with van der Waals surface area (Å²) in [6.45, 7) is 2.10. The molecule has 2 N–H and O–H groups in total. The summed E-state index contributed by atoms with van der Waals surface area (Å²) in [4.78, 5) is 4.42. The molecule has 2 heteroatoms. The molecule has 0 unspecified atom stereocenters. The number of hydrogen-bond acceptors (Lipinski definition) is 2. The highest BCUT2D eigenvalue weighted by atomic mass is 14.7. The molecular weight excluding hydrogens is 196 g/mol. The molecule has 0 amide bonds. The molecule has 0 bridgehead atoms. The number of nitrogens with zero attached hydrogens (tertiary/aromatic N) is 1. The normalized spacial score (nSPS) is 11.1. The number of rotatable bonds is 0. The van der Waals surface area contributed by atoms with Crippen molar-refractivity contribution in [3.63, 3.8) is 0 Å². The van der Waals surface area contributed by atoms with Gasteiger partial charge in [-0.05, 0) is 24.4 Å². The molecule has 1 heterocycles. The third kappa shape index (κ3) is 1.31. The van der Waals surface area contributed by atoms with Gasteiger partial charge in [-0.25, -0.2) is 0 Å². The number of fused-ring (bicyclic) bond motifs is 3. The van der Waals surface area contributed by atoms with Crippen LogP contribution in [0, 0.1) is 6.92 Å². The van der Waals surface area contributed by atoms with Crippen molar-refractivity contribution in [1.29, 1.82) is 0 Å². The van der Waals surface area contributed by atoms with E-state index >= 15 is 0 Å². The molecule has 0 aliphatic rings. The molecule has 0 fully saturated rings. The van der Waals surface area contributed by atoms with Crippen LogP contribution in [0.25, 0.3) is 21.7 Å². The minimum absolute atomic E-state index is 0.756. The van der Waals surface area contributed by atoms with Gasteiger partial charge < -0.3 is 5.73 Å². The fraction of sp³-hybridized carbons (Fsp3) is 0.0714. The predicted octanol–water partition coefficient (Wildman–Crippen LogP) is 3.28. The van der Waals surface area contributed by atoms with E-state index in [2.05, 4.69) is 30.1 Å². The summed E-state index contributed by atoms with van der Waals surface area (Å²) in [5, 5.41) is 3.57. The highest BCUT2D eigenvalue weighted by Crippen LogP contribution is 2.25. The monoisotopic (exact) mass is 208 g/mol. The number of nitrogens with two attached hydrogens (primary N) is 1. The summed E-state index contributed by atoms with van der Waals surface area (Å²) >= 11 is 0. The fourth-order valence-electron chi connectivity index (χ4n) is 2.04. The highest BCUT2D eigenvalue weighted by Gasteiger charge is 2.01. The topological polar surface area (TPSA) is 38.9 Å². The Labute approximate surface area is 93.7 Å². The largest absolute Gasteiger partial charge is 0.399 e. The van der Waals surface area contributed by atoms with Crippen LogP contribution in [0.1, 0.15) is 5.56 Å². The van der Waals surface area contributed by atoms with Gasteiger partial charge in [-0.3, -0.25) is 4.98 Å². The standard InChI is InChI=1S/C14H12N2/c1-9-2-3-10-8-16-14-7-11(15)4-5-12(14)13(10)6-9/h2-8H,15H2,1H3. The lowest BCUT2D eigenvalue weighted by molar-refractivity contribution is 1.43. The maximum Gasteiger partial charge on any atom is 0.0728 e. The highest BCUT2D eigenvalue weighted by molar-refractivity contribution is 6.06. The Morgan fingerprint density at radius 3 is 2.75 bits per heavy atom. The van der Waals surface area contributed by atoms with Crippen LogP contribution in [-0.2, 0) is 0 Å². The van der Waals surface area contributed by atoms with Crippen LogP contribution in [0.5, 0.6) is 0 Å². The molecule has 78 valence electrons. The third-order valence-electron chi connectivity index (χ3n) is 2.86. The van der Waals surface area contributed by atoms with Gasteiger partial charge in [-0.1, -0.05) is 29.8 Å². The molecule has 0 atom stereocenters. The van der Waals surface area contributed by atoms with Gasteiger partial charge in [0.1, 0.15) is 0 Å². The summed E-state index contributed by atoms with van der Waals surface area (Å²) in [5.41, 5.74) is 8.73. The van der Waals surface area contributed by atoms with Crippen molar-refractivity contribution in [1.82, 2.24) is 4.98 Å². The Morgan fingerprint density at radius 2 is 1.88 bits per heavy atom. The van der Waals surface area contributed by atoms with Gasteiger partial charge in [0.2, 0.25) is 0 Å². The zero-order valence-corrected chi connectivity index (χ0v) is 9.07. The van der Waals surface area contributed by atoms with Gasteiger partial charge >= 0.3 is 0 Å². The van der Waals surface area contributed by atoms with Crippen LogP contribution in [-0.4, -0.2) is 4.98 Å². The van der Waals surface area contributed by atoms with E-state index in [1.807, 2.05) is 24.4 Å². The van der Waals surface area contributed by atoms with Crippen molar-refractivity contribution < 1.29 is 0 Å². The Bertz CT molecular complexity index is 687. The van der Waals surface area contributed by atoms with E-state index < -0.39 is 0 Å². The molecule has 16 heavy (non-hydrogen) atoms. The number of aryl methyl sites for hydroxylation is 1. The zero-order chi connectivity index (χ0) is 11.1. The predicted molar refractivity (Wildman–Crippen MR) is 68.4 cm³/mol. The fourth-order valence-corrected chi connectivity index (χ4v) is 2.04. The number of hydrogen-bond donors (Lipinski definition) is 1. The Morgan fingerprint density at radius 1 is 1.00 bits per heavy atom. The van der Waals surface area contributed by atoms with E-state index in [0.717, 1.165) is 16.6 Å². The average Bonchev–Trinajstić information content (AvgIpc) is 2.28. The van der Waals surface area contributed by atoms with Crippen molar-refractivity contribution in [2.45, 2.75) is 6.92 Å². The average molecular weight is 208 g/mol. The SMILES string of the molecule is Cc1ccc2cnc3cc(N)ccc3c2c1. The molecule has 0 radical (unpaired) electrons. The molecule has 0 aliphatic heterocycles. The van der Waals surface area contributed by atoms with Gasteiger partial charge in [-0.15, -0.1) is 0 Å². The quantitative estimate of drug-likeness (QED) is 0.455. The third-order valence-corrected chi connectivity index (χ3v) is 2.86. The molecular formula is C14H12N2. The van der Waals surface area contributed by atoms with Gasteiger partial charge in [0, 0.05) is 22.7 Å². The second-order valence-electron chi connectivity index (χ2n) is 4.13. The number of nitrogen functional groups attached to an aromatic ring is 1. The number of benzene rings is 2. The maximum atomic E-state index is 5.76. The van der Waals surface area contributed by atoms with E-state index in [1.165, 1.54) is 16.3 Å². The first-order valence-electron chi connectivity index (χ1n) is 5.29. The molecule has 3 rings (SSSR count). The summed E-state index contributed by atoms with van der Waals surface area (Å²) < 4.78 is 0. The molecule has 0 spiro atoms. The minimum atomic E-state index is 0.756. The zero-order valence-electron chi connectivity index (χ0n) is 9.07. The van der Waals surface area contributed by atoms with Crippen LogP contribution >= 0.6 is 0 Å². The Hall–Kier alpha value is -2.09. The van der Waals surface area contributed by atoms with Crippen LogP contribution in [0.3, 0.4) is 0 Å². The van der Waals surface area contributed by atoms with Crippen LogP contribution in [0.4, 0.5) is 5.69 Å². The van der Waals surface area contributed by atoms with Gasteiger partial charge in [-0.2, -0.15) is 0 Å². The van der Waals surface area contributed by atoms with Gasteiger partial charge in [0.05, 0.1) is 5.52 Å². The minimum Gasteiger partial charge on any atom is -0.399 e. The Kier molecular flexibility index (Phi) is 1.83. The number of pyridine rings is 1. The Balaban J connectivity index is 2.52. The molecule has 0 saturated carbocycles.